The van der Waals surface area contributed by atoms with E-state index in [1.165, 1.54) is 0 Å². The van der Waals surface area contributed by atoms with E-state index in [-0.39, 0.29) is 5.91 Å². The van der Waals surface area contributed by atoms with Crippen molar-refractivity contribution in [3.05, 3.63) is 77.6 Å². The van der Waals surface area contributed by atoms with Crippen LogP contribution in [0.3, 0.4) is 0 Å². The lowest BCUT2D eigenvalue weighted by Crippen LogP contribution is -2.25. The molecule has 0 saturated carbocycles. The Labute approximate surface area is 157 Å². The van der Waals surface area contributed by atoms with Gasteiger partial charge in [-0.1, -0.05) is 36.4 Å². The molecular weight excluding hydrogens is 342 g/mol. The normalized spacial score (nSPS) is 12.6. The van der Waals surface area contributed by atoms with Crippen molar-refractivity contribution in [2.24, 2.45) is 0 Å². The Morgan fingerprint density at radius 1 is 1.04 bits per heavy atom. The van der Waals surface area contributed by atoms with Crippen molar-refractivity contribution in [3.63, 3.8) is 0 Å². The van der Waals surface area contributed by atoms with E-state index in [0.717, 1.165) is 29.0 Å². The molecule has 3 aromatic rings. The molecule has 0 atom stereocenters. The fraction of sp³-hybridized carbons (Fsp3) is 0.238. The lowest BCUT2D eigenvalue weighted by molar-refractivity contribution is 0.0954. The van der Waals surface area contributed by atoms with Crippen LogP contribution >= 0.6 is 0 Å². The molecule has 2 aromatic carbocycles. The SMILES string of the molecule is O=C(NCCc1ccc2c(c1)OCCO2)c1cnn(Cc2ccccc2)c1. The number of hydrogen-bond acceptors (Lipinski definition) is 4. The molecular formula is C21H21N3O3. The molecule has 0 saturated heterocycles. The first kappa shape index (κ1) is 17.1. The third-order valence-corrected chi connectivity index (χ3v) is 4.39. The van der Waals surface area contributed by atoms with Gasteiger partial charge in [-0.25, -0.2) is 0 Å². The molecule has 0 radical (unpaired) electrons. The minimum absolute atomic E-state index is 0.119. The van der Waals surface area contributed by atoms with Crippen LogP contribution in [0.25, 0.3) is 0 Å². The highest BCUT2D eigenvalue weighted by atomic mass is 16.6. The molecule has 0 spiro atoms. The molecule has 138 valence electrons. The van der Waals surface area contributed by atoms with Gasteiger partial charge >= 0.3 is 0 Å². The van der Waals surface area contributed by atoms with E-state index in [0.29, 0.717) is 31.9 Å². The van der Waals surface area contributed by atoms with Gasteiger partial charge in [0, 0.05) is 12.7 Å². The maximum atomic E-state index is 12.3. The Morgan fingerprint density at radius 2 is 1.85 bits per heavy atom. The van der Waals surface area contributed by atoms with Crippen LogP contribution < -0.4 is 14.8 Å². The van der Waals surface area contributed by atoms with Gasteiger partial charge in [0.2, 0.25) is 0 Å². The molecule has 4 rings (SSSR count). The second kappa shape index (κ2) is 7.95. The first-order valence-electron chi connectivity index (χ1n) is 9.01. The van der Waals surface area contributed by atoms with Crippen LogP contribution in [-0.4, -0.2) is 35.4 Å². The highest BCUT2D eigenvalue weighted by Gasteiger charge is 2.12. The van der Waals surface area contributed by atoms with Crippen LogP contribution in [0.5, 0.6) is 11.5 Å². The van der Waals surface area contributed by atoms with Crippen molar-refractivity contribution in [1.82, 2.24) is 15.1 Å². The maximum absolute atomic E-state index is 12.3. The van der Waals surface area contributed by atoms with Gasteiger partial charge in [0.1, 0.15) is 13.2 Å². The lowest BCUT2D eigenvalue weighted by atomic mass is 10.1. The summed E-state index contributed by atoms with van der Waals surface area (Å²) in [5.74, 6) is 1.43. The highest BCUT2D eigenvalue weighted by Crippen LogP contribution is 2.30. The van der Waals surface area contributed by atoms with Gasteiger partial charge in [0.15, 0.2) is 11.5 Å². The van der Waals surface area contributed by atoms with E-state index in [1.54, 1.807) is 17.1 Å². The number of nitrogens with zero attached hydrogens (tertiary/aromatic N) is 2. The molecule has 1 amide bonds. The van der Waals surface area contributed by atoms with Gasteiger partial charge in [-0.15, -0.1) is 0 Å². The van der Waals surface area contributed by atoms with Gasteiger partial charge in [0.25, 0.3) is 5.91 Å². The van der Waals surface area contributed by atoms with E-state index >= 15 is 0 Å². The Morgan fingerprint density at radius 3 is 2.70 bits per heavy atom. The molecule has 0 aliphatic carbocycles. The molecule has 27 heavy (non-hydrogen) atoms. The molecule has 1 N–H and O–H groups in total. The Kier molecular flexibility index (Phi) is 5.05. The number of aromatic nitrogens is 2. The Hall–Kier alpha value is -3.28. The van der Waals surface area contributed by atoms with Crippen molar-refractivity contribution in [3.8, 4) is 11.5 Å². The van der Waals surface area contributed by atoms with E-state index in [2.05, 4.69) is 10.4 Å². The van der Waals surface area contributed by atoms with Gasteiger partial charge in [-0.05, 0) is 29.7 Å². The van der Waals surface area contributed by atoms with Crippen molar-refractivity contribution < 1.29 is 14.3 Å². The summed E-state index contributed by atoms with van der Waals surface area (Å²) >= 11 is 0. The second-order valence-corrected chi connectivity index (χ2v) is 6.40. The summed E-state index contributed by atoms with van der Waals surface area (Å²) in [6.45, 7) is 2.34. The summed E-state index contributed by atoms with van der Waals surface area (Å²) in [5, 5.41) is 7.21. The van der Waals surface area contributed by atoms with Gasteiger partial charge in [-0.2, -0.15) is 5.10 Å². The van der Waals surface area contributed by atoms with Crippen LogP contribution in [0.2, 0.25) is 0 Å². The average Bonchev–Trinajstić information content (AvgIpc) is 3.17. The first-order valence-corrected chi connectivity index (χ1v) is 9.01. The maximum Gasteiger partial charge on any atom is 0.254 e. The van der Waals surface area contributed by atoms with Crippen molar-refractivity contribution in [1.29, 1.82) is 0 Å². The summed E-state index contributed by atoms with van der Waals surface area (Å²) in [5.41, 5.74) is 2.80. The molecule has 1 aliphatic heterocycles. The summed E-state index contributed by atoms with van der Waals surface area (Å²) in [6, 6.07) is 15.9. The topological polar surface area (TPSA) is 65.4 Å². The lowest BCUT2D eigenvalue weighted by Gasteiger charge is -2.18. The van der Waals surface area contributed by atoms with E-state index in [9.17, 15) is 4.79 Å². The fourth-order valence-electron chi connectivity index (χ4n) is 3.00. The molecule has 0 bridgehead atoms. The smallest absolute Gasteiger partial charge is 0.254 e. The number of carbonyl (C=O) groups excluding carboxylic acids is 1. The summed E-state index contributed by atoms with van der Waals surface area (Å²) in [7, 11) is 0. The third-order valence-electron chi connectivity index (χ3n) is 4.39. The number of rotatable bonds is 6. The Bertz CT molecular complexity index is 921. The highest BCUT2D eigenvalue weighted by molar-refractivity contribution is 5.93. The molecule has 0 fully saturated rings. The zero-order valence-electron chi connectivity index (χ0n) is 14.9. The second-order valence-electron chi connectivity index (χ2n) is 6.40. The molecule has 1 aromatic heterocycles. The first-order chi connectivity index (χ1) is 13.3. The fourth-order valence-corrected chi connectivity index (χ4v) is 3.00. The molecule has 6 nitrogen and oxygen atoms in total. The number of fused-ring (bicyclic) bond motifs is 1. The minimum atomic E-state index is -0.119. The minimum Gasteiger partial charge on any atom is -0.486 e. The number of ether oxygens (including phenoxy) is 2. The number of hydrogen-bond donors (Lipinski definition) is 1. The zero-order chi connectivity index (χ0) is 18.5. The number of nitrogens with one attached hydrogen (secondary N) is 1. The molecule has 2 heterocycles. The van der Waals surface area contributed by atoms with E-state index in [1.807, 2.05) is 48.5 Å². The summed E-state index contributed by atoms with van der Waals surface area (Å²) < 4.78 is 12.9. The third kappa shape index (κ3) is 4.28. The molecule has 6 heteroatoms. The van der Waals surface area contributed by atoms with E-state index in [4.69, 9.17) is 9.47 Å². The zero-order valence-corrected chi connectivity index (χ0v) is 14.9. The van der Waals surface area contributed by atoms with Gasteiger partial charge in [-0.3, -0.25) is 9.48 Å². The predicted molar refractivity (Wildman–Crippen MR) is 101 cm³/mol. The van der Waals surface area contributed by atoms with Crippen LogP contribution in [0.4, 0.5) is 0 Å². The average molecular weight is 363 g/mol. The molecule has 0 unspecified atom stereocenters. The van der Waals surface area contributed by atoms with Gasteiger partial charge in [0.05, 0.1) is 18.3 Å². The van der Waals surface area contributed by atoms with Gasteiger partial charge < -0.3 is 14.8 Å². The quantitative estimate of drug-likeness (QED) is 0.731. The summed E-state index contributed by atoms with van der Waals surface area (Å²) in [4.78, 5) is 12.3. The van der Waals surface area contributed by atoms with E-state index < -0.39 is 0 Å². The Balaban J connectivity index is 1.29. The standard InChI is InChI=1S/C21H21N3O3/c25-21(18-13-23-24(15-18)14-17-4-2-1-3-5-17)22-9-8-16-6-7-19-20(12-16)27-11-10-26-19/h1-7,12-13,15H,8-11,14H2,(H,22,25). The van der Waals surface area contributed by atoms with Crippen LogP contribution in [-0.2, 0) is 13.0 Å². The largest absolute Gasteiger partial charge is 0.486 e. The number of amides is 1. The van der Waals surface area contributed by atoms with Crippen molar-refractivity contribution >= 4 is 5.91 Å². The monoisotopic (exact) mass is 363 g/mol. The predicted octanol–water partition coefficient (Wildman–Crippen LogP) is 2.68. The summed E-state index contributed by atoms with van der Waals surface area (Å²) in [6.07, 6.45) is 4.09. The van der Waals surface area contributed by atoms with Crippen LogP contribution in [0, 0.1) is 0 Å². The van der Waals surface area contributed by atoms with Crippen LogP contribution in [0.1, 0.15) is 21.5 Å². The van der Waals surface area contributed by atoms with Crippen molar-refractivity contribution in [2.75, 3.05) is 19.8 Å². The van der Waals surface area contributed by atoms with Crippen LogP contribution in [0.15, 0.2) is 60.9 Å². The number of carbonyl (C=O) groups is 1. The van der Waals surface area contributed by atoms with Crippen molar-refractivity contribution in [2.45, 2.75) is 13.0 Å². The molecule has 1 aliphatic rings. The number of benzene rings is 2.